The second-order valence-corrected chi connectivity index (χ2v) is 9.86. The zero-order chi connectivity index (χ0) is 25.5. The predicted octanol–water partition coefficient (Wildman–Crippen LogP) is 3.98. The summed E-state index contributed by atoms with van der Waals surface area (Å²) in [7, 11) is -4.15. The molecule has 2 heterocycles. The van der Waals surface area contributed by atoms with Crippen molar-refractivity contribution in [1.29, 1.82) is 0 Å². The molecule has 0 unspecified atom stereocenters. The predicted molar refractivity (Wildman–Crippen MR) is 127 cm³/mol. The molecule has 0 bridgehead atoms. The summed E-state index contributed by atoms with van der Waals surface area (Å²) >= 11 is 0. The highest BCUT2D eigenvalue weighted by Gasteiger charge is 2.21. The number of sulfonamides is 1. The van der Waals surface area contributed by atoms with Crippen molar-refractivity contribution in [1.82, 2.24) is 14.5 Å². The highest BCUT2D eigenvalue weighted by atomic mass is 32.2. The van der Waals surface area contributed by atoms with Crippen LogP contribution >= 0.6 is 0 Å². The smallest absolute Gasteiger partial charge is 0.260 e. The SMILES string of the molecule is CC(C)n1c(=O)c(-c2cc(F)c(NS(=O)(=O)Cc3ccc(F)cc3)cc2F)cc2cnc(N)nc21. The number of nitrogens with one attached hydrogen (secondary N) is 1. The molecule has 0 spiro atoms. The molecule has 0 amide bonds. The first-order valence-electron chi connectivity index (χ1n) is 10.4. The van der Waals surface area contributed by atoms with E-state index in [-0.39, 0.29) is 34.3 Å². The number of rotatable bonds is 6. The van der Waals surface area contributed by atoms with Gasteiger partial charge < -0.3 is 5.73 Å². The molecule has 0 aliphatic rings. The number of nitrogens with two attached hydrogens (primary N) is 1. The molecule has 0 atom stereocenters. The van der Waals surface area contributed by atoms with Crippen LogP contribution in [-0.4, -0.2) is 23.0 Å². The van der Waals surface area contributed by atoms with Crippen molar-refractivity contribution in [2.75, 3.05) is 10.5 Å². The Morgan fingerprint density at radius 2 is 1.71 bits per heavy atom. The third kappa shape index (κ3) is 4.97. The molecule has 0 saturated heterocycles. The molecule has 182 valence electrons. The maximum absolute atomic E-state index is 15.1. The summed E-state index contributed by atoms with van der Waals surface area (Å²) in [4.78, 5) is 21.2. The average molecular weight is 504 g/mol. The van der Waals surface area contributed by atoms with Gasteiger partial charge in [0.15, 0.2) is 0 Å². The molecule has 35 heavy (non-hydrogen) atoms. The van der Waals surface area contributed by atoms with Crippen molar-refractivity contribution in [2.45, 2.75) is 25.6 Å². The van der Waals surface area contributed by atoms with Crippen LogP contribution in [0.2, 0.25) is 0 Å². The summed E-state index contributed by atoms with van der Waals surface area (Å²) in [6.07, 6.45) is 1.37. The van der Waals surface area contributed by atoms with Crippen LogP contribution < -0.4 is 16.0 Å². The van der Waals surface area contributed by atoms with E-state index in [9.17, 15) is 22.0 Å². The van der Waals surface area contributed by atoms with E-state index in [0.717, 1.165) is 18.2 Å². The fourth-order valence-corrected chi connectivity index (χ4v) is 4.84. The Labute approximate surface area is 198 Å². The molecule has 4 rings (SSSR count). The van der Waals surface area contributed by atoms with E-state index in [2.05, 4.69) is 9.97 Å². The number of hydrogen-bond acceptors (Lipinski definition) is 6. The molecule has 0 radical (unpaired) electrons. The van der Waals surface area contributed by atoms with Gasteiger partial charge in [0.1, 0.15) is 23.1 Å². The first-order chi connectivity index (χ1) is 16.4. The van der Waals surface area contributed by atoms with Gasteiger partial charge >= 0.3 is 0 Å². The lowest BCUT2D eigenvalue weighted by atomic mass is 10.0. The standard InChI is InChI=1S/C23H20F3N5O3S/c1-12(2)31-21-14(10-28-23(27)29-21)7-17(22(31)32)16-8-19(26)20(9-18(16)25)30-35(33,34)11-13-3-5-15(24)6-4-13/h3-10,12,30H,11H2,1-2H3,(H2,27,28,29). The number of aromatic nitrogens is 3. The molecular weight excluding hydrogens is 483 g/mol. The van der Waals surface area contributed by atoms with Crippen LogP contribution in [0.3, 0.4) is 0 Å². The number of halogens is 3. The van der Waals surface area contributed by atoms with Gasteiger partial charge in [0.2, 0.25) is 16.0 Å². The minimum Gasteiger partial charge on any atom is -0.368 e. The maximum Gasteiger partial charge on any atom is 0.260 e. The molecule has 8 nitrogen and oxygen atoms in total. The zero-order valence-electron chi connectivity index (χ0n) is 18.6. The molecule has 12 heteroatoms. The molecule has 2 aromatic heterocycles. The van der Waals surface area contributed by atoms with Gasteiger partial charge in [0.25, 0.3) is 5.56 Å². The third-order valence-corrected chi connectivity index (χ3v) is 6.43. The number of anilines is 2. The number of nitrogen functional groups attached to an aromatic ring is 1. The van der Waals surface area contributed by atoms with E-state index in [1.165, 1.54) is 29.0 Å². The molecule has 3 N–H and O–H groups in total. The van der Waals surface area contributed by atoms with Crippen LogP contribution in [-0.2, 0) is 15.8 Å². The van der Waals surface area contributed by atoms with Gasteiger partial charge in [0.05, 0.1) is 17.0 Å². The Kier molecular flexibility index (Phi) is 6.24. The maximum atomic E-state index is 15.1. The third-order valence-electron chi connectivity index (χ3n) is 5.19. The van der Waals surface area contributed by atoms with Crippen LogP contribution in [0.25, 0.3) is 22.2 Å². The number of benzene rings is 2. The van der Waals surface area contributed by atoms with Crippen molar-refractivity contribution in [2.24, 2.45) is 0 Å². The van der Waals surface area contributed by atoms with Gasteiger partial charge in [-0.3, -0.25) is 14.1 Å². The van der Waals surface area contributed by atoms with E-state index < -0.39 is 44.5 Å². The molecule has 0 aliphatic heterocycles. The largest absolute Gasteiger partial charge is 0.368 e. The number of hydrogen-bond donors (Lipinski definition) is 2. The van der Waals surface area contributed by atoms with E-state index in [4.69, 9.17) is 5.73 Å². The monoisotopic (exact) mass is 503 g/mol. The summed E-state index contributed by atoms with van der Waals surface area (Å²) in [6, 6.07) is 7.07. The lowest BCUT2D eigenvalue weighted by Crippen LogP contribution is -2.25. The number of fused-ring (bicyclic) bond motifs is 1. The Bertz CT molecular complexity index is 1600. The van der Waals surface area contributed by atoms with Crippen LogP contribution in [0.15, 0.2) is 53.5 Å². The normalized spacial score (nSPS) is 11.8. The van der Waals surface area contributed by atoms with Crippen LogP contribution in [0.5, 0.6) is 0 Å². The van der Waals surface area contributed by atoms with Gasteiger partial charge in [-0.15, -0.1) is 0 Å². The van der Waals surface area contributed by atoms with Crippen molar-refractivity contribution in [3.63, 3.8) is 0 Å². The second kappa shape index (κ2) is 9.02. The van der Waals surface area contributed by atoms with Crippen LogP contribution in [0, 0.1) is 17.5 Å². The van der Waals surface area contributed by atoms with Crippen LogP contribution in [0.4, 0.5) is 24.8 Å². The molecule has 0 fully saturated rings. The molecular formula is C23H20F3N5O3S. The van der Waals surface area contributed by atoms with Gasteiger partial charge in [0, 0.05) is 29.3 Å². The number of nitrogens with zero attached hydrogens (tertiary/aromatic N) is 3. The van der Waals surface area contributed by atoms with Crippen molar-refractivity contribution in [3.8, 4) is 11.1 Å². The minimum absolute atomic E-state index is 0.0476. The van der Waals surface area contributed by atoms with E-state index >= 15 is 4.39 Å². The lowest BCUT2D eigenvalue weighted by Gasteiger charge is -2.16. The van der Waals surface area contributed by atoms with Gasteiger partial charge in [-0.05, 0) is 43.7 Å². The summed E-state index contributed by atoms with van der Waals surface area (Å²) in [5.74, 6) is -3.28. The van der Waals surface area contributed by atoms with Gasteiger partial charge in [-0.1, -0.05) is 12.1 Å². The van der Waals surface area contributed by atoms with E-state index in [1.54, 1.807) is 13.8 Å². The Morgan fingerprint density at radius 3 is 2.37 bits per heavy atom. The second-order valence-electron chi connectivity index (χ2n) is 8.13. The highest BCUT2D eigenvalue weighted by Crippen LogP contribution is 2.29. The molecule has 0 aliphatic carbocycles. The Morgan fingerprint density at radius 1 is 1.03 bits per heavy atom. The summed E-state index contributed by atoms with van der Waals surface area (Å²) in [5, 5.41) is 0.381. The minimum atomic E-state index is -4.15. The summed E-state index contributed by atoms with van der Waals surface area (Å²) < 4.78 is 71.2. The number of pyridine rings is 1. The summed E-state index contributed by atoms with van der Waals surface area (Å²) in [5.41, 5.74) is 4.36. The van der Waals surface area contributed by atoms with Crippen molar-refractivity contribution >= 4 is 32.7 Å². The lowest BCUT2D eigenvalue weighted by molar-refractivity contribution is 0.590. The van der Waals surface area contributed by atoms with Crippen LogP contribution in [0.1, 0.15) is 25.5 Å². The zero-order valence-corrected chi connectivity index (χ0v) is 19.4. The van der Waals surface area contributed by atoms with E-state index in [1.807, 2.05) is 4.72 Å². The average Bonchev–Trinajstić information content (AvgIpc) is 2.77. The first-order valence-corrected chi connectivity index (χ1v) is 12.0. The Balaban J connectivity index is 1.75. The Hall–Kier alpha value is -3.93. The van der Waals surface area contributed by atoms with Crippen molar-refractivity contribution < 1.29 is 21.6 Å². The van der Waals surface area contributed by atoms with Crippen molar-refractivity contribution in [3.05, 3.63) is 82.0 Å². The topological polar surface area (TPSA) is 120 Å². The summed E-state index contributed by atoms with van der Waals surface area (Å²) in [6.45, 7) is 3.44. The fraction of sp³-hybridized carbons (Fsp3) is 0.174. The highest BCUT2D eigenvalue weighted by molar-refractivity contribution is 7.91. The van der Waals surface area contributed by atoms with Gasteiger partial charge in [-0.25, -0.2) is 26.6 Å². The molecule has 2 aromatic carbocycles. The van der Waals surface area contributed by atoms with Gasteiger partial charge in [-0.2, -0.15) is 4.98 Å². The fourth-order valence-electron chi connectivity index (χ4n) is 3.64. The quantitative estimate of drug-likeness (QED) is 0.411. The van der Waals surface area contributed by atoms with E-state index in [0.29, 0.717) is 11.5 Å². The first kappa shape index (κ1) is 24.2. The molecule has 4 aromatic rings. The molecule has 0 saturated carbocycles.